The number of rotatable bonds is 14. The van der Waals surface area contributed by atoms with Gasteiger partial charge in [0.1, 0.15) is 6.04 Å². The van der Waals surface area contributed by atoms with E-state index in [9.17, 15) is 42.3 Å². The Bertz CT molecular complexity index is 1650. The highest BCUT2D eigenvalue weighted by Gasteiger charge is 2.43. The minimum Gasteiger partial charge on any atom is -0.480 e. The molecule has 6 N–H and O–H groups in total. The van der Waals surface area contributed by atoms with E-state index in [-0.39, 0.29) is 52.8 Å². The fraction of sp³-hybridized carbons (Fsp3) is 0.357. The zero-order chi connectivity index (χ0) is 33.1. The Morgan fingerprint density at radius 2 is 1.82 bits per heavy atom. The number of anilines is 2. The molecule has 1 aromatic carbocycles. The van der Waals surface area contributed by atoms with Crippen LogP contribution in [0.1, 0.15) is 54.6 Å². The number of fused-ring (bicyclic) bond motifs is 1. The Morgan fingerprint density at radius 3 is 2.47 bits per heavy atom. The van der Waals surface area contributed by atoms with Gasteiger partial charge in [0.2, 0.25) is 11.9 Å². The van der Waals surface area contributed by atoms with Crippen LogP contribution >= 0.6 is 0 Å². The molecular formula is C28H29F3N8O6. The fourth-order valence-corrected chi connectivity index (χ4v) is 4.07. The molecule has 0 saturated heterocycles. The highest BCUT2D eigenvalue weighted by atomic mass is 19.4. The molecule has 2 aromatic heterocycles. The molecule has 0 aliphatic carbocycles. The van der Waals surface area contributed by atoms with E-state index in [4.69, 9.17) is 12.2 Å². The van der Waals surface area contributed by atoms with Gasteiger partial charge in [-0.2, -0.15) is 18.2 Å². The van der Waals surface area contributed by atoms with Gasteiger partial charge >= 0.3 is 18.1 Å². The first-order valence-electron chi connectivity index (χ1n) is 13.5. The van der Waals surface area contributed by atoms with E-state index in [1.807, 2.05) is 0 Å². The predicted octanol–water partition coefficient (Wildman–Crippen LogP) is 1.66. The SMILES string of the molecule is C#CCCCC(=O)NCCCC[C@H](NC(=O)c1ccc(N(Cc2cnc3nc(N)[nH]c(=O)c3n2)C(=O)C(F)(F)F)cc1)C(=O)O. The number of carbonyl (C=O) groups is 4. The van der Waals surface area contributed by atoms with Gasteiger partial charge in [0.15, 0.2) is 11.2 Å². The molecule has 17 heteroatoms. The van der Waals surface area contributed by atoms with Crippen molar-refractivity contribution in [3.8, 4) is 12.3 Å². The number of unbranched alkanes of at least 4 members (excludes halogenated alkanes) is 2. The number of hydrogen-bond acceptors (Lipinski definition) is 9. The number of carboxylic acid groups (broad SMARTS) is 1. The molecule has 238 valence electrons. The number of aliphatic carboxylic acids is 1. The first kappa shape index (κ1) is 34.0. The predicted molar refractivity (Wildman–Crippen MR) is 154 cm³/mol. The maximum atomic E-state index is 13.5. The standard InChI is InChI=1S/C28H29F3N8O6/c1-2-3-4-8-20(40)33-13-6-5-7-19(25(43)44)36-23(41)16-9-11-18(12-10-16)39(26(45)28(29,30)31)15-17-14-34-22-21(35-17)24(42)38-27(32)37-22/h1,9-12,14,19H,3-8,13,15H2,(H,33,40)(H,36,41)(H,43,44)(H3,32,34,37,38,42)/t19-/m0/s1. The Balaban J connectivity index is 1.67. The molecule has 3 rings (SSSR count). The van der Waals surface area contributed by atoms with Crippen LogP contribution in [-0.2, 0) is 20.9 Å². The van der Waals surface area contributed by atoms with E-state index >= 15 is 0 Å². The number of aromatic nitrogens is 4. The summed E-state index contributed by atoms with van der Waals surface area (Å²) in [5.74, 6) is -2.33. The average Bonchev–Trinajstić information content (AvgIpc) is 2.98. The molecule has 3 amide bonds. The smallest absolute Gasteiger partial charge is 0.471 e. The van der Waals surface area contributed by atoms with E-state index < -0.39 is 42.1 Å². The summed E-state index contributed by atoms with van der Waals surface area (Å²) < 4.78 is 40.4. The van der Waals surface area contributed by atoms with Crippen molar-refractivity contribution in [2.75, 3.05) is 17.2 Å². The minimum absolute atomic E-state index is 0.0533. The number of terminal acetylenes is 1. The number of halogens is 3. The van der Waals surface area contributed by atoms with Gasteiger partial charge in [-0.05, 0) is 49.9 Å². The van der Waals surface area contributed by atoms with Crippen molar-refractivity contribution >= 4 is 46.5 Å². The van der Waals surface area contributed by atoms with Gasteiger partial charge in [-0.3, -0.25) is 29.1 Å². The first-order chi connectivity index (χ1) is 21.3. The molecule has 0 aliphatic heterocycles. The molecule has 1 atom stereocenters. The second-order valence-electron chi connectivity index (χ2n) is 9.69. The van der Waals surface area contributed by atoms with Crippen molar-refractivity contribution in [1.82, 2.24) is 30.6 Å². The van der Waals surface area contributed by atoms with Gasteiger partial charge in [-0.15, -0.1) is 12.3 Å². The number of nitrogen functional groups attached to an aromatic ring is 1. The fourth-order valence-electron chi connectivity index (χ4n) is 4.07. The van der Waals surface area contributed by atoms with Crippen LogP contribution in [0.3, 0.4) is 0 Å². The van der Waals surface area contributed by atoms with Gasteiger partial charge in [0.05, 0.1) is 18.4 Å². The number of aromatic amines is 1. The van der Waals surface area contributed by atoms with Crippen molar-refractivity contribution in [2.45, 2.75) is 57.3 Å². The number of H-pyrrole nitrogens is 1. The zero-order valence-corrected chi connectivity index (χ0v) is 23.7. The summed E-state index contributed by atoms with van der Waals surface area (Å²) in [6.45, 7) is -0.431. The van der Waals surface area contributed by atoms with E-state index in [0.717, 1.165) is 30.5 Å². The summed E-state index contributed by atoms with van der Waals surface area (Å²) in [5.41, 5.74) is 3.69. The molecule has 14 nitrogen and oxygen atoms in total. The molecule has 0 unspecified atom stereocenters. The van der Waals surface area contributed by atoms with Gasteiger partial charge in [-0.1, -0.05) is 0 Å². The quantitative estimate of drug-likeness (QED) is 0.128. The zero-order valence-electron chi connectivity index (χ0n) is 23.7. The molecule has 3 aromatic rings. The van der Waals surface area contributed by atoms with Crippen molar-refractivity contribution in [1.29, 1.82) is 0 Å². The van der Waals surface area contributed by atoms with E-state index in [2.05, 4.69) is 36.5 Å². The summed E-state index contributed by atoms with van der Waals surface area (Å²) in [6.07, 6.45) is 3.09. The van der Waals surface area contributed by atoms with Gasteiger partial charge in [-0.25, -0.2) is 14.8 Å². The van der Waals surface area contributed by atoms with Crippen LogP contribution in [-0.4, -0.2) is 67.5 Å². The molecule has 45 heavy (non-hydrogen) atoms. The number of nitrogens with two attached hydrogens (primary N) is 1. The molecule has 0 aliphatic rings. The highest BCUT2D eigenvalue weighted by Crippen LogP contribution is 2.26. The number of nitrogens with one attached hydrogen (secondary N) is 3. The summed E-state index contributed by atoms with van der Waals surface area (Å²) in [7, 11) is 0. The first-order valence-corrected chi connectivity index (χ1v) is 13.5. The van der Waals surface area contributed by atoms with Crippen molar-refractivity contribution in [2.24, 2.45) is 0 Å². The van der Waals surface area contributed by atoms with E-state index in [0.29, 0.717) is 37.1 Å². The second kappa shape index (κ2) is 15.3. The number of alkyl halides is 3. The van der Waals surface area contributed by atoms with Crippen molar-refractivity contribution in [3.05, 3.63) is 52.1 Å². The maximum Gasteiger partial charge on any atom is 0.471 e. The lowest BCUT2D eigenvalue weighted by Gasteiger charge is -2.24. The third-order valence-corrected chi connectivity index (χ3v) is 6.31. The molecule has 0 radical (unpaired) electrons. The Labute approximate surface area is 253 Å². The average molecular weight is 631 g/mol. The van der Waals surface area contributed by atoms with Crippen LogP contribution in [0.2, 0.25) is 0 Å². The second-order valence-corrected chi connectivity index (χ2v) is 9.69. The summed E-state index contributed by atoms with van der Waals surface area (Å²) in [5, 5.41) is 14.6. The van der Waals surface area contributed by atoms with Crippen molar-refractivity contribution in [3.63, 3.8) is 0 Å². The van der Waals surface area contributed by atoms with Crippen LogP contribution in [0.15, 0.2) is 35.3 Å². The van der Waals surface area contributed by atoms with E-state index in [1.54, 1.807) is 0 Å². The number of nitrogens with zero attached hydrogens (tertiary/aromatic N) is 4. The lowest BCUT2D eigenvalue weighted by molar-refractivity contribution is -0.170. The molecular weight excluding hydrogens is 601 g/mol. The van der Waals surface area contributed by atoms with Gasteiger partial charge < -0.3 is 21.5 Å². The molecule has 0 bridgehead atoms. The van der Waals surface area contributed by atoms with Gasteiger partial charge in [0, 0.05) is 30.6 Å². The van der Waals surface area contributed by atoms with Crippen LogP contribution < -0.4 is 26.8 Å². The Morgan fingerprint density at radius 1 is 1.11 bits per heavy atom. The van der Waals surface area contributed by atoms with Crippen molar-refractivity contribution < 1.29 is 37.5 Å². The summed E-state index contributed by atoms with van der Waals surface area (Å²) in [4.78, 5) is 74.8. The number of carboxylic acids is 1. The third kappa shape index (κ3) is 9.74. The maximum absolute atomic E-state index is 13.5. The number of benzene rings is 1. The Hall–Kier alpha value is -5.53. The highest BCUT2D eigenvalue weighted by molar-refractivity contribution is 5.99. The minimum atomic E-state index is -5.28. The normalized spacial score (nSPS) is 11.8. The monoisotopic (exact) mass is 630 g/mol. The number of amides is 3. The van der Waals surface area contributed by atoms with Crippen LogP contribution in [0.25, 0.3) is 11.2 Å². The van der Waals surface area contributed by atoms with Gasteiger partial charge in [0.25, 0.3) is 11.5 Å². The van der Waals surface area contributed by atoms with Crippen LogP contribution in [0, 0.1) is 12.3 Å². The largest absolute Gasteiger partial charge is 0.480 e. The summed E-state index contributed by atoms with van der Waals surface area (Å²) in [6, 6.07) is 3.12. The lowest BCUT2D eigenvalue weighted by atomic mass is 10.1. The molecule has 0 saturated carbocycles. The van der Waals surface area contributed by atoms with Crippen LogP contribution in [0.5, 0.6) is 0 Å². The molecule has 0 spiro atoms. The summed E-state index contributed by atoms with van der Waals surface area (Å²) >= 11 is 0. The lowest BCUT2D eigenvalue weighted by Crippen LogP contribution is -2.41. The third-order valence-electron chi connectivity index (χ3n) is 6.31. The molecule has 0 fully saturated rings. The van der Waals surface area contributed by atoms with E-state index in [1.165, 1.54) is 0 Å². The topological polar surface area (TPSA) is 213 Å². The van der Waals surface area contributed by atoms with Crippen LogP contribution in [0.4, 0.5) is 24.8 Å². The Kier molecular flexibility index (Phi) is 11.5. The molecule has 2 heterocycles. The number of carbonyl (C=O) groups excluding carboxylic acids is 3. The number of hydrogen-bond donors (Lipinski definition) is 5.